The average Bonchev–Trinajstić information content (AvgIpc) is 2.47. The maximum absolute atomic E-state index is 3.82. The molecule has 1 aromatic rings. The number of hydrogen-bond donors (Lipinski definition) is 2. The van der Waals surface area contributed by atoms with Crippen molar-refractivity contribution in [3.8, 4) is 0 Å². The lowest BCUT2D eigenvalue weighted by molar-refractivity contribution is 0.388. The summed E-state index contributed by atoms with van der Waals surface area (Å²) in [5, 5.41) is 7.46. The molecule has 1 aliphatic rings. The van der Waals surface area contributed by atoms with Crippen LogP contribution in [0.15, 0.2) is 12.1 Å². The lowest BCUT2D eigenvalue weighted by atomic mass is 9.76. The predicted molar refractivity (Wildman–Crippen MR) is 94.5 cm³/mol. The van der Waals surface area contributed by atoms with E-state index in [1.54, 1.807) is 0 Å². The van der Waals surface area contributed by atoms with Gasteiger partial charge in [-0.05, 0) is 75.6 Å². The fraction of sp³-hybridized carbons (Fsp3) is 0.684. The van der Waals surface area contributed by atoms with Crippen LogP contribution >= 0.6 is 0 Å². The van der Waals surface area contributed by atoms with Crippen LogP contribution in [0.4, 0.5) is 11.4 Å². The Balaban J connectivity index is 2.40. The molecule has 0 saturated carbocycles. The zero-order valence-corrected chi connectivity index (χ0v) is 14.6. The third-order valence-corrected chi connectivity index (χ3v) is 5.23. The van der Waals surface area contributed by atoms with Crippen molar-refractivity contribution in [2.24, 2.45) is 0 Å². The number of fused-ring (bicyclic) bond motifs is 1. The first-order chi connectivity index (χ1) is 9.92. The van der Waals surface area contributed by atoms with Crippen molar-refractivity contribution < 1.29 is 0 Å². The maximum Gasteiger partial charge on any atom is 0.0411 e. The van der Waals surface area contributed by atoms with Crippen molar-refractivity contribution >= 4 is 11.4 Å². The molecule has 3 atom stereocenters. The molecular weight excluding hydrogens is 256 g/mol. The van der Waals surface area contributed by atoms with Crippen LogP contribution < -0.4 is 10.6 Å². The molecule has 2 heteroatoms. The molecule has 2 nitrogen and oxygen atoms in total. The summed E-state index contributed by atoms with van der Waals surface area (Å²) < 4.78 is 0. The Labute approximate surface area is 130 Å². The molecule has 0 fully saturated rings. The Morgan fingerprint density at radius 3 is 2.62 bits per heavy atom. The molecule has 2 N–H and O–H groups in total. The van der Waals surface area contributed by atoms with Crippen LogP contribution in [-0.4, -0.2) is 11.6 Å². The van der Waals surface area contributed by atoms with Crippen LogP contribution in [-0.2, 0) is 0 Å². The van der Waals surface area contributed by atoms with Crippen molar-refractivity contribution in [3.63, 3.8) is 0 Å². The van der Waals surface area contributed by atoms with E-state index in [0.29, 0.717) is 12.0 Å². The zero-order chi connectivity index (χ0) is 15.6. The Morgan fingerprint density at radius 2 is 2.05 bits per heavy atom. The van der Waals surface area contributed by atoms with Crippen LogP contribution in [0, 0.1) is 6.92 Å². The minimum atomic E-state index is 0.240. The van der Waals surface area contributed by atoms with Gasteiger partial charge in [0.2, 0.25) is 0 Å². The van der Waals surface area contributed by atoms with E-state index in [0.717, 1.165) is 6.42 Å². The Hall–Kier alpha value is -1.18. The molecule has 21 heavy (non-hydrogen) atoms. The molecule has 0 aromatic heterocycles. The van der Waals surface area contributed by atoms with Gasteiger partial charge in [-0.15, -0.1) is 0 Å². The van der Waals surface area contributed by atoms with E-state index in [1.165, 1.54) is 41.8 Å². The molecule has 2 rings (SSSR count). The first kappa shape index (κ1) is 16.2. The molecule has 0 aliphatic carbocycles. The van der Waals surface area contributed by atoms with Crippen molar-refractivity contribution in [3.05, 3.63) is 23.3 Å². The molecule has 0 amide bonds. The second-order valence-corrected chi connectivity index (χ2v) is 7.06. The number of benzene rings is 1. The van der Waals surface area contributed by atoms with Gasteiger partial charge in [-0.25, -0.2) is 0 Å². The van der Waals surface area contributed by atoms with Crippen molar-refractivity contribution in [2.75, 3.05) is 10.6 Å². The Morgan fingerprint density at radius 1 is 1.33 bits per heavy atom. The summed E-state index contributed by atoms with van der Waals surface area (Å²) in [6, 6.07) is 5.21. The average molecular weight is 288 g/mol. The fourth-order valence-electron chi connectivity index (χ4n) is 3.38. The van der Waals surface area contributed by atoms with Gasteiger partial charge in [0.25, 0.3) is 0 Å². The second kappa shape index (κ2) is 6.29. The first-order valence-electron chi connectivity index (χ1n) is 8.61. The molecule has 1 aliphatic heterocycles. The molecular formula is C19H32N2. The summed E-state index contributed by atoms with van der Waals surface area (Å²) in [5.74, 6) is 0.670. The van der Waals surface area contributed by atoms with Gasteiger partial charge in [-0.1, -0.05) is 20.8 Å². The summed E-state index contributed by atoms with van der Waals surface area (Å²) in [6.07, 6.45) is 4.78. The highest BCUT2D eigenvalue weighted by molar-refractivity contribution is 5.68. The predicted octanol–water partition coefficient (Wildman–Crippen LogP) is 5.68. The normalized spacial score (nSPS) is 25.9. The minimum Gasteiger partial charge on any atom is -0.383 e. The molecule has 0 saturated heterocycles. The highest BCUT2D eigenvalue weighted by Gasteiger charge is 2.33. The van der Waals surface area contributed by atoms with Crippen molar-refractivity contribution in [1.29, 1.82) is 0 Å². The Kier molecular flexibility index (Phi) is 4.85. The molecule has 1 heterocycles. The van der Waals surface area contributed by atoms with Gasteiger partial charge >= 0.3 is 0 Å². The van der Waals surface area contributed by atoms with Gasteiger partial charge in [0, 0.05) is 23.0 Å². The number of anilines is 2. The number of hydrogen-bond acceptors (Lipinski definition) is 2. The second-order valence-electron chi connectivity index (χ2n) is 7.06. The van der Waals surface area contributed by atoms with Crippen molar-refractivity contribution in [1.82, 2.24) is 0 Å². The van der Waals surface area contributed by atoms with Gasteiger partial charge in [0.05, 0.1) is 0 Å². The largest absolute Gasteiger partial charge is 0.383 e. The van der Waals surface area contributed by atoms with E-state index in [4.69, 9.17) is 0 Å². The summed E-state index contributed by atoms with van der Waals surface area (Å²) in [7, 11) is 0. The van der Waals surface area contributed by atoms with Crippen LogP contribution in [0.1, 0.15) is 77.3 Å². The number of rotatable bonds is 5. The third kappa shape index (κ3) is 3.36. The lowest BCUT2D eigenvalue weighted by Gasteiger charge is -2.42. The summed E-state index contributed by atoms with van der Waals surface area (Å²) in [4.78, 5) is 0. The van der Waals surface area contributed by atoms with E-state index in [1.807, 2.05) is 0 Å². The number of aryl methyl sites for hydroxylation is 1. The highest BCUT2D eigenvalue weighted by Crippen LogP contribution is 2.44. The summed E-state index contributed by atoms with van der Waals surface area (Å²) in [5.41, 5.74) is 5.78. The van der Waals surface area contributed by atoms with Gasteiger partial charge in [-0.2, -0.15) is 0 Å². The summed E-state index contributed by atoms with van der Waals surface area (Å²) in [6.45, 7) is 13.7. The van der Waals surface area contributed by atoms with Crippen LogP contribution in [0.25, 0.3) is 0 Å². The van der Waals surface area contributed by atoms with Gasteiger partial charge in [0.1, 0.15) is 0 Å². The number of nitrogens with one attached hydrogen (secondary N) is 2. The molecule has 0 bridgehead atoms. The maximum atomic E-state index is 3.82. The first-order valence-corrected chi connectivity index (χ1v) is 8.61. The van der Waals surface area contributed by atoms with E-state index in [9.17, 15) is 0 Å². The van der Waals surface area contributed by atoms with Gasteiger partial charge in [-0.3, -0.25) is 0 Å². The lowest BCUT2D eigenvalue weighted by Crippen LogP contribution is -2.40. The quantitative estimate of drug-likeness (QED) is 0.728. The van der Waals surface area contributed by atoms with Crippen LogP contribution in [0.2, 0.25) is 0 Å². The molecule has 3 unspecified atom stereocenters. The SMILES string of the molecule is CCC(C)Nc1cc(C)c2c(c1)C(CC)CC(C)(CC)N2. The summed E-state index contributed by atoms with van der Waals surface area (Å²) >= 11 is 0. The topological polar surface area (TPSA) is 24.1 Å². The third-order valence-electron chi connectivity index (χ3n) is 5.23. The van der Waals surface area contributed by atoms with Crippen LogP contribution in [0.3, 0.4) is 0 Å². The van der Waals surface area contributed by atoms with E-state index >= 15 is 0 Å². The molecule has 0 spiro atoms. The molecule has 1 aromatic carbocycles. The Bertz CT molecular complexity index is 495. The smallest absolute Gasteiger partial charge is 0.0411 e. The van der Waals surface area contributed by atoms with Gasteiger partial charge < -0.3 is 10.6 Å². The monoisotopic (exact) mass is 288 g/mol. The minimum absolute atomic E-state index is 0.240. The highest BCUT2D eigenvalue weighted by atomic mass is 15.0. The standard InChI is InChI=1S/C19H32N2/c1-7-14(5)20-16-10-13(4)18-17(11-16)15(8-2)12-19(6,9-3)21-18/h10-11,14-15,20-21H,7-9,12H2,1-6H3. The zero-order valence-electron chi connectivity index (χ0n) is 14.6. The van der Waals surface area contributed by atoms with E-state index in [2.05, 4.69) is 64.3 Å². The fourth-order valence-corrected chi connectivity index (χ4v) is 3.38. The van der Waals surface area contributed by atoms with E-state index in [-0.39, 0.29) is 5.54 Å². The van der Waals surface area contributed by atoms with Crippen molar-refractivity contribution in [2.45, 2.75) is 84.7 Å². The molecule has 118 valence electrons. The molecule has 0 radical (unpaired) electrons. The van der Waals surface area contributed by atoms with E-state index < -0.39 is 0 Å². The van der Waals surface area contributed by atoms with Gasteiger partial charge in [0.15, 0.2) is 0 Å². The van der Waals surface area contributed by atoms with Crippen LogP contribution in [0.5, 0.6) is 0 Å².